The number of hydrogen-bond acceptors (Lipinski definition) is 5. The SMILES string of the molecule is CS(=O)(=O)CCOc1cccnc1C(=O)O. The molecule has 88 valence electrons. The minimum atomic E-state index is -3.12. The molecule has 1 N–H and O–H groups in total. The minimum absolute atomic E-state index is 0.0682. The van der Waals surface area contributed by atoms with Crippen molar-refractivity contribution >= 4 is 15.8 Å². The van der Waals surface area contributed by atoms with Crippen LogP contribution in [-0.2, 0) is 9.84 Å². The molecule has 0 saturated carbocycles. The van der Waals surface area contributed by atoms with Crippen molar-refractivity contribution in [3.63, 3.8) is 0 Å². The van der Waals surface area contributed by atoms with Gasteiger partial charge in [-0.1, -0.05) is 0 Å². The minimum Gasteiger partial charge on any atom is -0.490 e. The fourth-order valence-corrected chi connectivity index (χ4v) is 1.36. The van der Waals surface area contributed by atoms with Crippen LogP contribution < -0.4 is 4.74 Å². The van der Waals surface area contributed by atoms with Gasteiger partial charge in [0.1, 0.15) is 6.61 Å². The van der Waals surface area contributed by atoms with Crippen molar-refractivity contribution in [2.45, 2.75) is 0 Å². The maximum absolute atomic E-state index is 10.8. The molecule has 0 spiro atoms. The molecular weight excluding hydrogens is 234 g/mol. The van der Waals surface area contributed by atoms with E-state index in [1.807, 2.05) is 0 Å². The summed E-state index contributed by atoms with van der Waals surface area (Å²) in [6.07, 6.45) is 2.41. The van der Waals surface area contributed by atoms with Crippen LogP contribution >= 0.6 is 0 Å². The van der Waals surface area contributed by atoms with E-state index in [4.69, 9.17) is 9.84 Å². The van der Waals surface area contributed by atoms with Gasteiger partial charge >= 0.3 is 5.97 Å². The van der Waals surface area contributed by atoms with E-state index in [0.29, 0.717) is 0 Å². The second kappa shape index (κ2) is 4.93. The molecular formula is C9H11NO5S. The van der Waals surface area contributed by atoms with Gasteiger partial charge in [0.15, 0.2) is 21.3 Å². The molecule has 1 aromatic rings. The Morgan fingerprint density at radius 2 is 2.25 bits per heavy atom. The van der Waals surface area contributed by atoms with Crippen molar-refractivity contribution in [2.24, 2.45) is 0 Å². The zero-order valence-corrected chi connectivity index (χ0v) is 9.40. The van der Waals surface area contributed by atoms with E-state index < -0.39 is 15.8 Å². The smallest absolute Gasteiger partial charge is 0.358 e. The van der Waals surface area contributed by atoms with E-state index in [1.165, 1.54) is 18.3 Å². The standard InChI is InChI=1S/C9H11NO5S/c1-16(13,14)6-5-15-7-3-2-4-10-8(7)9(11)12/h2-4H,5-6H2,1H3,(H,11,12). The second-order valence-corrected chi connectivity index (χ2v) is 5.39. The van der Waals surface area contributed by atoms with Gasteiger partial charge in [0.05, 0.1) is 5.75 Å². The topological polar surface area (TPSA) is 93.6 Å². The van der Waals surface area contributed by atoms with Crippen LogP contribution in [0.5, 0.6) is 5.75 Å². The van der Waals surface area contributed by atoms with Crippen molar-refractivity contribution in [1.29, 1.82) is 0 Å². The van der Waals surface area contributed by atoms with Crippen LogP contribution in [0.4, 0.5) is 0 Å². The zero-order valence-electron chi connectivity index (χ0n) is 8.58. The van der Waals surface area contributed by atoms with Crippen molar-refractivity contribution in [3.8, 4) is 5.75 Å². The molecule has 7 heteroatoms. The average molecular weight is 245 g/mol. The molecule has 1 rings (SSSR count). The maximum Gasteiger partial charge on any atom is 0.358 e. The fourth-order valence-electron chi connectivity index (χ4n) is 0.971. The first-order chi connectivity index (χ1) is 7.40. The summed E-state index contributed by atoms with van der Waals surface area (Å²) in [4.78, 5) is 14.3. The van der Waals surface area contributed by atoms with Crippen molar-refractivity contribution in [2.75, 3.05) is 18.6 Å². The molecule has 1 heterocycles. The van der Waals surface area contributed by atoms with E-state index in [1.54, 1.807) is 0 Å². The molecule has 1 aromatic heterocycles. The Bertz CT molecular complexity index is 482. The second-order valence-electron chi connectivity index (χ2n) is 3.13. The Morgan fingerprint density at radius 3 is 2.81 bits per heavy atom. The molecule has 16 heavy (non-hydrogen) atoms. The Morgan fingerprint density at radius 1 is 1.56 bits per heavy atom. The Balaban J connectivity index is 2.71. The van der Waals surface area contributed by atoms with Crippen LogP contribution in [0.25, 0.3) is 0 Å². The first-order valence-electron chi connectivity index (χ1n) is 4.39. The van der Waals surface area contributed by atoms with E-state index >= 15 is 0 Å². The number of hydrogen-bond donors (Lipinski definition) is 1. The number of aromatic carboxylic acids is 1. The van der Waals surface area contributed by atoms with E-state index in [0.717, 1.165) is 6.26 Å². The molecule has 0 radical (unpaired) electrons. The molecule has 0 aliphatic heterocycles. The Kier molecular flexibility index (Phi) is 3.83. The van der Waals surface area contributed by atoms with Gasteiger partial charge in [0.2, 0.25) is 0 Å². The number of carboxylic acid groups (broad SMARTS) is 1. The summed E-state index contributed by atoms with van der Waals surface area (Å²) >= 11 is 0. The van der Waals surface area contributed by atoms with Gasteiger partial charge < -0.3 is 9.84 Å². The zero-order chi connectivity index (χ0) is 12.2. The summed E-state index contributed by atoms with van der Waals surface area (Å²) in [5.74, 6) is -1.31. The molecule has 0 unspecified atom stereocenters. The summed E-state index contributed by atoms with van der Waals surface area (Å²) in [7, 11) is -3.12. The first-order valence-corrected chi connectivity index (χ1v) is 6.45. The highest BCUT2D eigenvalue weighted by molar-refractivity contribution is 7.90. The maximum atomic E-state index is 10.8. The quantitative estimate of drug-likeness (QED) is 0.796. The number of carboxylic acids is 1. The highest BCUT2D eigenvalue weighted by Gasteiger charge is 2.12. The predicted octanol–water partition coefficient (Wildman–Crippen LogP) is 0.203. The van der Waals surface area contributed by atoms with Gasteiger partial charge in [-0.05, 0) is 12.1 Å². The van der Waals surface area contributed by atoms with Crippen molar-refractivity contribution in [1.82, 2.24) is 4.98 Å². The number of nitrogens with zero attached hydrogens (tertiary/aromatic N) is 1. The average Bonchev–Trinajstić information content (AvgIpc) is 2.16. The lowest BCUT2D eigenvalue weighted by atomic mass is 10.3. The van der Waals surface area contributed by atoms with Crippen molar-refractivity contribution < 1.29 is 23.1 Å². The third-order valence-electron chi connectivity index (χ3n) is 1.68. The lowest BCUT2D eigenvalue weighted by Gasteiger charge is -2.06. The lowest BCUT2D eigenvalue weighted by molar-refractivity contribution is 0.0685. The molecule has 0 bridgehead atoms. The van der Waals surface area contributed by atoms with Crippen LogP contribution in [0.1, 0.15) is 10.5 Å². The van der Waals surface area contributed by atoms with Gasteiger partial charge in [-0.15, -0.1) is 0 Å². The predicted molar refractivity (Wildman–Crippen MR) is 56.4 cm³/mol. The number of aromatic nitrogens is 1. The van der Waals surface area contributed by atoms with E-state index in [9.17, 15) is 13.2 Å². The molecule has 0 aromatic carbocycles. The molecule has 6 nitrogen and oxygen atoms in total. The van der Waals surface area contributed by atoms with Crippen LogP contribution in [0.3, 0.4) is 0 Å². The Hall–Kier alpha value is -1.63. The lowest BCUT2D eigenvalue weighted by Crippen LogP contribution is -2.14. The number of carbonyl (C=O) groups is 1. The highest BCUT2D eigenvalue weighted by atomic mass is 32.2. The molecule has 0 aliphatic rings. The van der Waals surface area contributed by atoms with Crippen molar-refractivity contribution in [3.05, 3.63) is 24.0 Å². The third-order valence-corrected chi connectivity index (χ3v) is 2.59. The summed E-state index contributed by atoms with van der Waals surface area (Å²) < 4.78 is 26.7. The van der Waals surface area contributed by atoms with Gasteiger partial charge in [0, 0.05) is 12.5 Å². The largest absolute Gasteiger partial charge is 0.490 e. The van der Waals surface area contributed by atoms with Gasteiger partial charge in [-0.25, -0.2) is 18.2 Å². The monoisotopic (exact) mass is 245 g/mol. The van der Waals surface area contributed by atoms with Crippen LogP contribution in [0, 0.1) is 0 Å². The third kappa shape index (κ3) is 3.85. The summed E-state index contributed by atoms with van der Waals surface area (Å²) in [5.41, 5.74) is -0.226. The molecule has 0 fully saturated rings. The number of ether oxygens (including phenoxy) is 1. The van der Waals surface area contributed by atoms with Gasteiger partial charge in [0.25, 0.3) is 0 Å². The normalized spacial score (nSPS) is 11.1. The summed E-state index contributed by atoms with van der Waals surface area (Å²) in [5, 5.41) is 8.76. The van der Waals surface area contributed by atoms with Gasteiger partial charge in [-0.2, -0.15) is 0 Å². The molecule has 0 saturated heterocycles. The Labute approximate surface area is 92.8 Å². The molecule has 0 amide bonds. The van der Waals surface area contributed by atoms with E-state index in [-0.39, 0.29) is 23.8 Å². The first kappa shape index (κ1) is 12.4. The number of rotatable bonds is 5. The highest BCUT2D eigenvalue weighted by Crippen LogP contribution is 2.14. The van der Waals surface area contributed by atoms with Crippen LogP contribution in [-0.4, -0.2) is 43.1 Å². The summed E-state index contributed by atoms with van der Waals surface area (Å²) in [6, 6.07) is 2.95. The summed E-state index contributed by atoms with van der Waals surface area (Å²) in [6.45, 7) is -0.0925. The van der Waals surface area contributed by atoms with E-state index in [2.05, 4.69) is 4.98 Å². The van der Waals surface area contributed by atoms with Gasteiger partial charge in [-0.3, -0.25) is 0 Å². The van der Waals surface area contributed by atoms with Crippen LogP contribution in [0.15, 0.2) is 18.3 Å². The number of pyridine rings is 1. The molecule has 0 aliphatic carbocycles. The number of sulfone groups is 1. The molecule has 0 atom stereocenters. The fraction of sp³-hybridized carbons (Fsp3) is 0.333. The van der Waals surface area contributed by atoms with Crippen LogP contribution in [0.2, 0.25) is 0 Å².